The quantitative estimate of drug-likeness (QED) is 0.125. The van der Waals surface area contributed by atoms with Crippen molar-refractivity contribution in [1.29, 1.82) is 10.5 Å². The second-order valence-corrected chi connectivity index (χ2v) is 38.0. The zero-order valence-corrected chi connectivity index (χ0v) is 69.2. The first kappa shape index (κ1) is 72.6. The highest BCUT2D eigenvalue weighted by atomic mass is 16.5. The molecule has 0 spiro atoms. The lowest BCUT2D eigenvalue weighted by atomic mass is 9.29. The fourth-order valence-electron chi connectivity index (χ4n) is 19.5. The highest BCUT2D eigenvalue weighted by molar-refractivity contribution is 7.04. The average molecular weight is 1470 g/mol. The minimum absolute atomic E-state index is 0.0735. The third-order valence-electron chi connectivity index (χ3n) is 24.9. The normalized spacial score (nSPS) is 14.1. The fourth-order valence-corrected chi connectivity index (χ4v) is 19.5. The summed E-state index contributed by atoms with van der Waals surface area (Å²) in [5.74, 6) is 1.33. The number of hydrogen-bond donors (Lipinski definition) is 0. The van der Waals surface area contributed by atoms with Crippen LogP contribution in [0.3, 0.4) is 0 Å². The molecule has 0 aliphatic carbocycles. The number of rotatable bonds is 5. The van der Waals surface area contributed by atoms with Crippen LogP contribution >= 0.6 is 0 Å². The van der Waals surface area contributed by atoms with Crippen molar-refractivity contribution >= 4 is 160 Å². The van der Waals surface area contributed by atoms with Crippen molar-refractivity contribution < 1.29 is 4.74 Å². The summed E-state index contributed by atoms with van der Waals surface area (Å²) in [6.45, 7) is 55.4. The van der Waals surface area contributed by atoms with E-state index in [4.69, 9.17) is 11.3 Å². The Kier molecular flexibility index (Phi) is 16.1. The summed E-state index contributed by atoms with van der Waals surface area (Å²) in [6.07, 6.45) is 0. The molecule has 18 rings (SSSR count). The van der Waals surface area contributed by atoms with E-state index < -0.39 is 6.71 Å². The monoisotopic (exact) mass is 1470 g/mol. The molecule has 9 nitrogen and oxygen atoms in total. The summed E-state index contributed by atoms with van der Waals surface area (Å²) in [5, 5.41) is 23.1. The van der Waals surface area contributed by atoms with Crippen LogP contribution < -0.4 is 78.4 Å². The second kappa shape index (κ2) is 25.1. The Bertz CT molecular complexity index is 6230. The molecule has 0 saturated heterocycles. The first-order valence-electron chi connectivity index (χ1n) is 40.0. The van der Waals surface area contributed by atoms with Crippen molar-refractivity contribution in [1.82, 2.24) is 0 Å². The molecule has 6 heterocycles. The van der Waals surface area contributed by atoms with Gasteiger partial charge in [-0.15, -0.1) is 0 Å². The van der Waals surface area contributed by atoms with Crippen LogP contribution in [0, 0.1) is 70.8 Å². The summed E-state index contributed by atoms with van der Waals surface area (Å²) in [4.78, 5) is 16.6. The predicted octanol–water partition coefficient (Wildman–Crippen LogP) is 20.9. The van der Waals surface area contributed by atoms with E-state index in [1.165, 1.54) is 44.3 Å². The molecule has 0 saturated carbocycles. The molecule has 113 heavy (non-hydrogen) atoms. The Morgan fingerprint density at radius 3 is 0.991 bits per heavy atom. The molecule has 12 aromatic rings. The van der Waals surface area contributed by atoms with Crippen LogP contribution in [0.5, 0.6) is 11.5 Å². The van der Waals surface area contributed by atoms with Crippen LogP contribution in [0.25, 0.3) is 4.85 Å². The van der Waals surface area contributed by atoms with Crippen molar-refractivity contribution in [2.24, 2.45) is 0 Å². The molecule has 0 fully saturated rings. The Hall–Kier alpha value is -11.9. The van der Waals surface area contributed by atoms with E-state index in [0.29, 0.717) is 28.3 Å². The molecule has 0 radical (unpaired) electrons. The summed E-state index contributed by atoms with van der Waals surface area (Å²) in [6, 6.07) is 78.6. The molecule has 0 bridgehead atoms. The van der Waals surface area contributed by atoms with E-state index in [-0.39, 0.29) is 40.5 Å². The Morgan fingerprint density at radius 1 is 0.301 bits per heavy atom. The highest BCUT2D eigenvalue weighted by Gasteiger charge is 2.52. The van der Waals surface area contributed by atoms with Gasteiger partial charge in [0.25, 0.3) is 20.1 Å². The van der Waals surface area contributed by atoms with Crippen molar-refractivity contribution in [2.75, 3.05) is 24.5 Å². The summed E-state index contributed by atoms with van der Waals surface area (Å²) in [7, 11) is 0. The van der Waals surface area contributed by atoms with Gasteiger partial charge in [0.1, 0.15) is 11.5 Å². The van der Waals surface area contributed by atoms with Gasteiger partial charge in [0, 0.05) is 80.0 Å². The summed E-state index contributed by atoms with van der Waals surface area (Å²) < 4.78 is 7.78. The van der Waals surface area contributed by atoms with Crippen molar-refractivity contribution in [3.05, 3.63) is 278 Å². The minimum Gasteiger partial charge on any atom is -0.458 e. The van der Waals surface area contributed by atoms with E-state index >= 15 is 0 Å². The van der Waals surface area contributed by atoms with Gasteiger partial charge in [-0.2, -0.15) is 10.5 Å². The van der Waals surface area contributed by atoms with E-state index in [9.17, 15) is 10.5 Å². The topological polar surface area (TPSA) is 77.4 Å². The van der Waals surface area contributed by atoms with Crippen molar-refractivity contribution in [3.8, 4) is 23.6 Å². The maximum atomic E-state index is 11.6. The van der Waals surface area contributed by atoms with Crippen LogP contribution in [0.2, 0.25) is 0 Å². The van der Waals surface area contributed by atoms with Gasteiger partial charge < -0.3 is 29.2 Å². The zero-order valence-electron chi connectivity index (χ0n) is 69.2. The molecule has 0 amide bonds. The maximum absolute atomic E-state index is 11.6. The number of hydrogen-bond acceptors (Lipinski definition) is 8. The molecule has 6 aliphatic rings. The van der Waals surface area contributed by atoms with Gasteiger partial charge in [0.15, 0.2) is 5.69 Å². The Balaban J connectivity index is 0.978. The molecule has 0 unspecified atom stereocenters. The molecular formula is C101H95B3N8O. The molecule has 0 aromatic heterocycles. The number of nitriles is 2. The van der Waals surface area contributed by atoms with Crippen LogP contribution in [0.1, 0.15) is 176 Å². The van der Waals surface area contributed by atoms with Crippen molar-refractivity contribution in [2.45, 2.75) is 172 Å². The Morgan fingerprint density at radius 2 is 0.611 bits per heavy atom. The van der Waals surface area contributed by atoms with Gasteiger partial charge in [0.05, 0.1) is 41.2 Å². The van der Waals surface area contributed by atoms with Crippen LogP contribution in [-0.4, -0.2) is 20.1 Å². The van der Waals surface area contributed by atoms with Crippen LogP contribution in [0.15, 0.2) is 194 Å². The lowest BCUT2D eigenvalue weighted by Crippen LogP contribution is -2.66. The maximum Gasteiger partial charge on any atom is 0.256 e. The molecular weight excluding hydrogens is 1370 g/mol. The third-order valence-corrected chi connectivity index (χ3v) is 24.9. The number of fused-ring (bicyclic) bond motifs is 12. The number of nitrogens with zero attached hydrogens (tertiary/aromatic N) is 8. The van der Waals surface area contributed by atoms with E-state index in [1.54, 1.807) is 0 Å². The average Bonchev–Trinajstić information content (AvgIpc) is 0.678. The minimum atomic E-state index is -0.462. The van der Waals surface area contributed by atoms with E-state index in [1.807, 2.05) is 6.07 Å². The van der Waals surface area contributed by atoms with Crippen LogP contribution in [-0.2, 0) is 27.1 Å². The van der Waals surface area contributed by atoms with Gasteiger partial charge in [-0.3, -0.25) is 0 Å². The standard InChI is InChI=1S/C101H95B3N8O/c1-57-39-59(3)95(60(4)40-57)111-83-53-82-76(102-74-47-68(100(16,17)18)29-37-80(74)108(71-31-23-65(24-32-71)97(7,8)9)85-43-63(55-105)44-86(92(85)102)110(82)73-35-27-67(28-36-73)99(13,14)15)51-77(83)104-79-52-78-84(54-90(79)113-91-46-64(56-106)45-87(111)94(91)104)112(96-61(5)41-58(2)42-62(96)6)89-50-70(107-22)49-88-93(89)103(78)75-48-69(101(19,20)21)30-38-81(75)109(88)72-33-25-66(26-34-72)98(10,11)12/h23-54H,1-21H3. The fraction of sp³-hybridized carbons (Fsp3) is 0.257. The van der Waals surface area contributed by atoms with Gasteiger partial charge in [-0.25, -0.2) is 4.85 Å². The number of anilines is 15. The van der Waals surface area contributed by atoms with Crippen LogP contribution in [0.4, 0.5) is 91.0 Å². The first-order valence-corrected chi connectivity index (χ1v) is 40.0. The zero-order chi connectivity index (χ0) is 79.7. The second-order valence-electron chi connectivity index (χ2n) is 38.0. The molecule has 6 aliphatic heterocycles. The number of aryl methyl sites for hydroxylation is 6. The molecule has 12 heteroatoms. The van der Waals surface area contributed by atoms with Crippen molar-refractivity contribution in [3.63, 3.8) is 0 Å². The number of ether oxygens (including phenoxy) is 1. The van der Waals surface area contributed by atoms with Gasteiger partial charge >= 0.3 is 0 Å². The molecule has 0 atom stereocenters. The SMILES string of the molecule is [C-]#[N+]c1cc2c3c(c1)N(c1c(C)cc(C)cc1C)c1cc4c(cc1B3c1cc(C(C)(C)C)ccc1N2c1ccc(C(C)(C)C)cc1)B1c2cc3c(cc2N(c2c(C)cc(C)cc2C)c2cc(C#N)cc(c21)O4)N(c1ccc(C(C)(C)C)cc1)c1cc(C#N)cc2c1B3c1cc(C(C)(C)C)ccc1N2c1ccc(C(C)(C)C)cc1. The van der Waals surface area contributed by atoms with Gasteiger partial charge in [-0.05, 0) is 259 Å². The molecule has 554 valence electrons. The largest absolute Gasteiger partial charge is 0.458 e. The lowest BCUT2D eigenvalue weighted by molar-refractivity contribution is 0.487. The summed E-state index contributed by atoms with van der Waals surface area (Å²) in [5.41, 5.74) is 38.7. The molecule has 0 N–H and O–H groups in total. The van der Waals surface area contributed by atoms with Gasteiger partial charge in [-0.1, -0.05) is 212 Å². The summed E-state index contributed by atoms with van der Waals surface area (Å²) >= 11 is 0. The van der Waals surface area contributed by atoms with E-state index in [0.717, 1.165) is 151 Å². The van der Waals surface area contributed by atoms with E-state index in [2.05, 4.69) is 375 Å². The lowest BCUT2D eigenvalue weighted by Gasteiger charge is -2.47. The Labute approximate surface area is 669 Å². The van der Waals surface area contributed by atoms with Gasteiger partial charge in [0.2, 0.25) is 0 Å². The first-order chi connectivity index (χ1) is 53.5. The molecule has 12 aromatic carbocycles. The predicted molar refractivity (Wildman–Crippen MR) is 478 cm³/mol. The highest BCUT2D eigenvalue weighted by Crippen LogP contribution is 2.54. The third kappa shape index (κ3) is 11.3. The smallest absolute Gasteiger partial charge is 0.256 e. The number of benzene rings is 12.